The largest absolute Gasteiger partial charge is 0.339 e. The molecule has 0 aromatic carbocycles. The van der Waals surface area contributed by atoms with Crippen LogP contribution in [-0.2, 0) is 17.8 Å². The van der Waals surface area contributed by atoms with Crippen molar-refractivity contribution in [3.8, 4) is 0 Å². The number of nitrogens with zero attached hydrogens (tertiary/aromatic N) is 4. The molecular formula is C15H23N5O3. The second-order valence-corrected chi connectivity index (χ2v) is 6.53. The molecule has 1 N–H and O–H groups in total. The monoisotopic (exact) mass is 321 g/mol. The molecule has 2 fully saturated rings. The molecule has 3 amide bonds. The molecule has 0 unspecified atom stereocenters. The van der Waals surface area contributed by atoms with E-state index in [-0.39, 0.29) is 17.9 Å². The molecule has 1 aromatic heterocycles. The average molecular weight is 321 g/mol. The third-order valence-corrected chi connectivity index (χ3v) is 4.92. The van der Waals surface area contributed by atoms with Crippen molar-refractivity contribution in [1.82, 2.24) is 25.3 Å². The molecule has 23 heavy (non-hydrogen) atoms. The number of carbonyl (C=O) groups is 2. The number of aromatic nitrogens is 2. The van der Waals surface area contributed by atoms with E-state index >= 15 is 0 Å². The predicted molar refractivity (Wildman–Crippen MR) is 81.4 cm³/mol. The molecule has 0 aliphatic carbocycles. The summed E-state index contributed by atoms with van der Waals surface area (Å²) in [5.41, 5.74) is -0.823. The van der Waals surface area contributed by atoms with Crippen molar-refractivity contribution < 1.29 is 14.1 Å². The van der Waals surface area contributed by atoms with Gasteiger partial charge >= 0.3 is 6.03 Å². The van der Waals surface area contributed by atoms with Crippen LogP contribution in [0.5, 0.6) is 0 Å². The number of carbonyl (C=O) groups excluding carboxylic acids is 2. The maximum Gasteiger partial charge on any atom is 0.324 e. The fraction of sp³-hybridized carbons (Fsp3) is 0.733. The SMILES string of the molecule is CCc1nc(CN2CCC[C@H]([C@]3(C)NC(=O)N(C)C3=O)C2)no1. The highest BCUT2D eigenvalue weighted by molar-refractivity contribution is 6.06. The van der Waals surface area contributed by atoms with E-state index in [1.165, 1.54) is 11.9 Å². The van der Waals surface area contributed by atoms with Crippen LogP contribution in [-0.4, -0.2) is 57.6 Å². The summed E-state index contributed by atoms with van der Waals surface area (Å²) < 4.78 is 5.14. The zero-order valence-corrected chi connectivity index (χ0v) is 13.8. The van der Waals surface area contributed by atoms with Crippen LogP contribution in [0, 0.1) is 5.92 Å². The summed E-state index contributed by atoms with van der Waals surface area (Å²) in [4.78, 5) is 32.0. The lowest BCUT2D eigenvalue weighted by atomic mass is 9.80. The lowest BCUT2D eigenvalue weighted by molar-refractivity contribution is -0.132. The van der Waals surface area contributed by atoms with Gasteiger partial charge in [0.05, 0.1) is 6.54 Å². The Morgan fingerprint density at radius 3 is 2.83 bits per heavy atom. The minimum absolute atomic E-state index is 0.0789. The third kappa shape index (κ3) is 2.83. The Morgan fingerprint density at radius 1 is 1.43 bits per heavy atom. The van der Waals surface area contributed by atoms with Crippen LogP contribution in [0.25, 0.3) is 0 Å². The molecule has 8 heteroatoms. The first-order chi connectivity index (χ1) is 10.9. The van der Waals surface area contributed by atoms with Gasteiger partial charge in [-0.3, -0.25) is 14.6 Å². The summed E-state index contributed by atoms with van der Waals surface area (Å²) in [6, 6.07) is -0.319. The van der Waals surface area contributed by atoms with Crippen LogP contribution in [0.15, 0.2) is 4.52 Å². The number of piperidine rings is 1. The van der Waals surface area contributed by atoms with E-state index in [2.05, 4.69) is 20.4 Å². The first-order valence-corrected chi connectivity index (χ1v) is 8.08. The summed E-state index contributed by atoms with van der Waals surface area (Å²) in [7, 11) is 1.52. The molecule has 8 nitrogen and oxygen atoms in total. The van der Waals surface area contributed by atoms with Crippen LogP contribution >= 0.6 is 0 Å². The fourth-order valence-electron chi connectivity index (χ4n) is 3.45. The van der Waals surface area contributed by atoms with Gasteiger partial charge in [-0.1, -0.05) is 12.1 Å². The molecule has 3 rings (SSSR count). The number of imide groups is 1. The second-order valence-electron chi connectivity index (χ2n) is 6.53. The number of likely N-dealkylation sites (tertiary alicyclic amines) is 1. The molecule has 0 radical (unpaired) electrons. The maximum atomic E-state index is 12.4. The fourth-order valence-corrected chi connectivity index (χ4v) is 3.45. The van der Waals surface area contributed by atoms with Crippen molar-refractivity contribution in [1.29, 1.82) is 0 Å². The van der Waals surface area contributed by atoms with Crippen LogP contribution in [0.1, 0.15) is 38.4 Å². The lowest BCUT2D eigenvalue weighted by Crippen LogP contribution is -2.55. The van der Waals surface area contributed by atoms with Crippen molar-refractivity contribution in [2.75, 3.05) is 20.1 Å². The van der Waals surface area contributed by atoms with Gasteiger partial charge in [0.25, 0.3) is 5.91 Å². The van der Waals surface area contributed by atoms with E-state index in [4.69, 9.17) is 4.52 Å². The molecule has 0 bridgehead atoms. The topological polar surface area (TPSA) is 91.6 Å². The van der Waals surface area contributed by atoms with Crippen molar-refractivity contribution >= 4 is 11.9 Å². The van der Waals surface area contributed by atoms with Crippen LogP contribution in [0.2, 0.25) is 0 Å². The van der Waals surface area contributed by atoms with Crippen LogP contribution in [0.4, 0.5) is 4.79 Å². The number of likely N-dealkylation sites (N-methyl/N-ethyl adjacent to an activating group) is 1. The van der Waals surface area contributed by atoms with Gasteiger partial charge < -0.3 is 9.84 Å². The van der Waals surface area contributed by atoms with Gasteiger partial charge in [-0.25, -0.2) is 4.79 Å². The minimum atomic E-state index is -0.823. The number of aryl methyl sites for hydroxylation is 1. The van der Waals surface area contributed by atoms with E-state index in [1.807, 2.05) is 13.8 Å². The Morgan fingerprint density at radius 2 is 2.22 bits per heavy atom. The smallest absolute Gasteiger partial charge is 0.324 e. The van der Waals surface area contributed by atoms with Crippen molar-refractivity contribution in [3.05, 3.63) is 11.7 Å². The Bertz CT molecular complexity index is 616. The Hall–Kier alpha value is -1.96. The molecule has 2 atom stereocenters. The Kier molecular flexibility index (Phi) is 4.09. The first-order valence-electron chi connectivity index (χ1n) is 8.08. The molecular weight excluding hydrogens is 298 g/mol. The normalized spacial score (nSPS) is 29.2. The van der Waals surface area contributed by atoms with Crippen LogP contribution < -0.4 is 5.32 Å². The molecule has 2 aliphatic rings. The van der Waals surface area contributed by atoms with E-state index in [1.54, 1.807) is 0 Å². The van der Waals surface area contributed by atoms with Crippen molar-refractivity contribution in [2.24, 2.45) is 5.92 Å². The number of urea groups is 1. The van der Waals surface area contributed by atoms with E-state index < -0.39 is 5.54 Å². The Labute approximate surface area is 135 Å². The summed E-state index contributed by atoms with van der Waals surface area (Å²) in [5.74, 6) is 1.24. The van der Waals surface area contributed by atoms with Gasteiger partial charge in [0.15, 0.2) is 5.82 Å². The zero-order valence-electron chi connectivity index (χ0n) is 13.8. The molecule has 2 saturated heterocycles. The second kappa shape index (κ2) is 5.92. The maximum absolute atomic E-state index is 12.4. The summed E-state index contributed by atoms with van der Waals surface area (Å²) in [5, 5.41) is 6.85. The van der Waals surface area contributed by atoms with E-state index in [0.29, 0.717) is 18.3 Å². The lowest BCUT2D eigenvalue weighted by Gasteiger charge is -2.39. The summed E-state index contributed by atoms with van der Waals surface area (Å²) in [6.07, 6.45) is 2.62. The van der Waals surface area contributed by atoms with Crippen molar-refractivity contribution in [3.63, 3.8) is 0 Å². The summed E-state index contributed by atoms with van der Waals surface area (Å²) >= 11 is 0. The highest BCUT2D eigenvalue weighted by atomic mass is 16.5. The molecule has 0 saturated carbocycles. The van der Waals surface area contributed by atoms with Gasteiger partial charge in [-0.05, 0) is 26.3 Å². The summed E-state index contributed by atoms with van der Waals surface area (Å²) in [6.45, 7) is 6.06. The zero-order chi connectivity index (χ0) is 16.6. The van der Waals surface area contributed by atoms with Gasteiger partial charge in [-0.15, -0.1) is 0 Å². The number of amides is 3. The standard InChI is InChI=1S/C15H23N5O3/c1-4-12-16-11(18-23-12)9-20-7-5-6-10(8-20)15(2)13(21)19(3)14(22)17-15/h10H,4-9H2,1-3H3,(H,17,22)/t10-,15-/m0/s1. The van der Waals surface area contributed by atoms with Gasteiger partial charge in [-0.2, -0.15) is 4.98 Å². The number of nitrogens with one attached hydrogen (secondary N) is 1. The molecule has 0 spiro atoms. The number of hydrogen-bond donors (Lipinski definition) is 1. The molecule has 1 aromatic rings. The van der Waals surface area contributed by atoms with Crippen molar-refractivity contribution in [2.45, 2.75) is 45.2 Å². The van der Waals surface area contributed by atoms with E-state index in [0.717, 1.165) is 32.4 Å². The van der Waals surface area contributed by atoms with Crippen LogP contribution in [0.3, 0.4) is 0 Å². The average Bonchev–Trinajstić information content (AvgIpc) is 3.07. The van der Waals surface area contributed by atoms with E-state index in [9.17, 15) is 9.59 Å². The Balaban J connectivity index is 1.68. The highest BCUT2D eigenvalue weighted by Crippen LogP contribution is 2.32. The van der Waals surface area contributed by atoms with Gasteiger partial charge in [0.2, 0.25) is 5.89 Å². The first kappa shape index (κ1) is 15.9. The van der Waals surface area contributed by atoms with Gasteiger partial charge in [0, 0.05) is 25.9 Å². The number of hydrogen-bond acceptors (Lipinski definition) is 6. The molecule has 126 valence electrons. The minimum Gasteiger partial charge on any atom is -0.339 e. The molecule has 3 heterocycles. The number of rotatable bonds is 4. The predicted octanol–water partition coefficient (Wildman–Crippen LogP) is 0.784. The van der Waals surface area contributed by atoms with Gasteiger partial charge in [0.1, 0.15) is 5.54 Å². The quantitative estimate of drug-likeness (QED) is 0.824. The highest BCUT2D eigenvalue weighted by Gasteiger charge is 2.51. The third-order valence-electron chi connectivity index (χ3n) is 4.92. The molecule has 2 aliphatic heterocycles.